The van der Waals surface area contributed by atoms with Gasteiger partial charge >= 0.3 is 0 Å². The number of tetrazole rings is 1. The van der Waals surface area contributed by atoms with E-state index in [0.717, 1.165) is 28.8 Å². The van der Waals surface area contributed by atoms with Gasteiger partial charge < -0.3 is 29.2 Å². The maximum atomic E-state index is 14.0. The first-order chi connectivity index (χ1) is 20.6. The van der Waals surface area contributed by atoms with E-state index in [1.54, 1.807) is 30.2 Å². The Morgan fingerprint density at radius 1 is 1.17 bits per heavy atom. The van der Waals surface area contributed by atoms with E-state index < -0.39 is 6.04 Å². The molecule has 2 atom stereocenters. The minimum Gasteiger partial charge on any atom is -0.497 e. The predicted molar refractivity (Wildman–Crippen MR) is 152 cm³/mol. The number of nitrogens with one attached hydrogen (secondary N) is 1. The van der Waals surface area contributed by atoms with Crippen molar-refractivity contribution in [1.29, 1.82) is 0 Å². The van der Waals surface area contributed by atoms with Gasteiger partial charge in [0.15, 0.2) is 11.5 Å². The number of nitrogens with zero attached hydrogens (tertiary/aromatic N) is 5. The van der Waals surface area contributed by atoms with Crippen molar-refractivity contribution in [3.8, 4) is 28.6 Å². The Bertz CT molecular complexity index is 1520. The third-order valence-electron chi connectivity index (χ3n) is 7.09. The highest BCUT2D eigenvalue weighted by molar-refractivity contribution is 7.10. The molecule has 0 spiro atoms. The number of amides is 2. The van der Waals surface area contributed by atoms with Crippen LogP contribution in [0.3, 0.4) is 0 Å². The average Bonchev–Trinajstić information content (AvgIpc) is 3.84. The molecule has 2 aliphatic rings. The van der Waals surface area contributed by atoms with E-state index in [1.807, 2.05) is 41.8 Å². The highest BCUT2D eigenvalue weighted by Gasteiger charge is 2.34. The van der Waals surface area contributed by atoms with Crippen LogP contribution in [0.4, 0.5) is 0 Å². The van der Waals surface area contributed by atoms with E-state index in [2.05, 4.69) is 20.7 Å². The summed E-state index contributed by atoms with van der Waals surface area (Å²) < 4.78 is 21.9. The molecule has 218 valence electrons. The second-order valence-electron chi connectivity index (χ2n) is 9.88. The molecule has 1 fully saturated rings. The molecule has 6 rings (SSSR count). The number of methoxy groups -OCH3 is 1. The van der Waals surface area contributed by atoms with Crippen molar-refractivity contribution in [3.05, 3.63) is 70.4 Å². The minimum absolute atomic E-state index is 0.0355. The molecule has 42 heavy (non-hydrogen) atoms. The van der Waals surface area contributed by atoms with E-state index in [-0.39, 0.29) is 37.8 Å². The fourth-order valence-corrected chi connectivity index (χ4v) is 5.76. The number of thiophene rings is 1. The number of aromatic nitrogens is 4. The number of hydrogen-bond acceptors (Lipinski definition) is 10. The topological polar surface area (TPSA) is 130 Å². The molecule has 4 heterocycles. The zero-order valence-corrected chi connectivity index (χ0v) is 23.8. The van der Waals surface area contributed by atoms with Gasteiger partial charge in [0.1, 0.15) is 18.3 Å². The van der Waals surface area contributed by atoms with Crippen LogP contribution in [0.5, 0.6) is 17.2 Å². The fraction of sp³-hybridized carbons (Fsp3) is 0.345. The third kappa shape index (κ3) is 6.21. The van der Waals surface area contributed by atoms with Crippen LogP contribution in [0, 0.1) is 0 Å². The summed E-state index contributed by atoms with van der Waals surface area (Å²) in [5, 5.41) is 17.6. The largest absolute Gasteiger partial charge is 0.497 e. The standard InChI is InChI=1S/C29H30N6O6S/c1-38-21-9-7-20(8-10-21)28-31-33-35(32-28)17-26(36)34(16-19-6-11-23-24(14-19)41-18-40-23)27(25-5-3-13-42-25)29(37)30-15-22-4-2-12-39-22/h3,5-11,13-14,22,27H,2,4,12,15-18H2,1H3,(H,30,37)/t22-,27+/m1/s1. The molecule has 2 aromatic heterocycles. The van der Waals surface area contributed by atoms with Gasteiger partial charge in [-0.1, -0.05) is 12.1 Å². The molecule has 0 bridgehead atoms. The summed E-state index contributed by atoms with van der Waals surface area (Å²) >= 11 is 1.41. The maximum absolute atomic E-state index is 14.0. The first-order valence-electron chi connectivity index (χ1n) is 13.6. The second-order valence-corrected chi connectivity index (χ2v) is 10.9. The first kappa shape index (κ1) is 27.7. The van der Waals surface area contributed by atoms with Crippen LogP contribution < -0.4 is 19.5 Å². The molecule has 0 aliphatic carbocycles. The summed E-state index contributed by atoms with van der Waals surface area (Å²) in [4.78, 5) is 31.3. The minimum atomic E-state index is -0.881. The maximum Gasteiger partial charge on any atom is 0.248 e. The van der Waals surface area contributed by atoms with Crippen LogP contribution in [0.2, 0.25) is 0 Å². The SMILES string of the molecule is COc1ccc(-c2nnn(CC(=O)N(Cc3ccc4c(c3)OCO4)[C@H](C(=O)NC[C@H]3CCCO3)c3cccs3)n2)cc1. The second kappa shape index (κ2) is 12.6. The summed E-state index contributed by atoms with van der Waals surface area (Å²) in [5.74, 6) is 1.68. The predicted octanol–water partition coefficient (Wildman–Crippen LogP) is 3.20. The lowest BCUT2D eigenvalue weighted by molar-refractivity contribution is -0.142. The van der Waals surface area contributed by atoms with Gasteiger partial charge in [-0.25, -0.2) is 0 Å². The van der Waals surface area contributed by atoms with Gasteiger partial charge in [-0.2, -0.15) is 4.80 Å². The number of benzene rings is 2. The Kier molecular flexibility index (Phi) is 8.28. The van der Waals surface area contributed by atoms with E-state index in [1.165, 1.54) is 16.1 Å². The monoisotopic (exact) mass is 590 g/mol. The van der Waals surface area contributed by atoms with Crippen molar-refractivity contribution in [2.75, 3.05) is 27.1 Å². The van der Waals surface area contributed by atoms with Crippen molar-refractivity contribution in [1.82, 2.24) is 30.4 Å². The molecular weight excluding hydrogens is 560 g/mol. The normalized spacial score (nSPS) is 16.3. The smallest absolute Gasteiger partial charge is 0.248 e. The summed E-state index contributed by atoms with van der Waals surface area (Å²) in [6.45, 7) is 1.13. The van der Waals surface area contributed by atoms with E-state index in [0.29, 0.717) is 36.2 Å². The Balaban J connectivity index is 1.27. The molecular formula is C29H30N6O6S. The first-order valence-corrected chi connectivity index (χ1v) is 14.5. The number of fused-ring (bicyclic) bond motifs is 1. The van der Waals surface area contributed by atoms with Gasteiger partial charge in [-0.3, -0.25) is 9.59 Å². The van der Waals surface area contributed by atoms with Crippen LogP contribution in [0.25, 0.3) is 11.4 Å². The van der Waals surface area contributed by atoms with Crippen molar-refractivity contribution < 1.29 is 28.5 Å². The fourth-order valence-electron chi connectivity index (χ4n) is 4.92. The zero-order valence-electron chi connectivity index (χ0n) is 23.0. The lowest BCUT2D eigenvalue weighted by Crippen LogP contribution is -2.45. The lowest BCUT2D eigenvalue weighted by Gasteiger charge is -2.31. The Morgan fingerprint density at radius 2 is 2.02 bits per heavy atom. The number of carbonyl (C=O) groups is 2. The molecule has 2 aromatic carbocycles. The molecule has 0 saturated carbocycles. The summed E-state index contributed by atoms with van der Waals surface area (Å²) in [5.41, 5.74) is 1.52. The highest BCUT2D eigenvalue weighted by atomic mass is 32.1. The summed E-state index contributed by atoms with van der Waals surface area (Å²) in [7, 11) is 1.59. The van der Waals surface area contributed by atoms with Gasteiger partial charge in [-0.15, -0.1) is 21.5 Å². The number of hydrogen-bond donors (Lipinski definition) is 1. The van der Waals surface area contributed by atoms with Gasteiger partial charge in [0.2, 0.25) is 24.4 Å². The van der Waals surface area contributed by atoms with Crippen molar-refractivity contribution in [3.63, 3.8) is 0 Å². The average molecular weight is 591 g/mol. The number of carbonyl (C=O) groups excluding carboxylic acids is 2. The highest BCUT2D eigenvalue weighted by Crippen LogP contribution is 2.34. The summed E-state index contributed by atoms with van der Waals surface area (Å²) in [6, 6.07) is 15.6. The number of ether oxygens (including phenoxy) is 4. The van der Waals surface area contributed by atoms with Crippen LogP contribution in [-0.4, -0.2) is 70.1 Å². The van der Waals surface area contributed by atoms with Crippen molar-refractivity contribution in [2.24, 2.45) is 0 Å². The van der Waals surface area contributed by atoms with Crippen LogP contribution >= 0.6 is 11.3 Å². The van der Waals surface area contributed by atoms with E-state index in [4.69, 9.17) is 18.9 Å². The zero-order chi connectivity index (χ0) is 28.9. The molecule has 1 saturated heterocycles. The van der Waals surface area contributed by atoms with Gasteiger partial charge in [-0.05, 0) is 71.5 Å². The van der Waals surface area contributed by atoms with Crippen molar-refractivity contribution >= 4 is 23.2 Å². The Hall–Kier alpha value is -4.49. The molecule has 4 aromatic rings. The molecule has 1 N–H and O–H groups in total. The quantitative estimate of drug-likeness (QED) is 0.280. The molecule has 2 amide bonds. The van der Waals surface area contributed by atoms with Crippen LogP contribution in [0.15, 0.2) is 60.0 Å². The molecule has 12 nitrogen and oxygen atoms in total. The Labute approximate surface area is 246 Å². The van der Waals surface area contributed by atoms with E-state index in [9.17, 15) is 9.59 Å². The van der Waals surface area contributed by atoms with Gasteiger partial charge in [0.25, 0.3) is 0 Å². The molecule has 0 radical (unpaired) electrons. The molecule has 13 heteroatoms. The molecule has 2 aliphatic heterocycles. The lowest BCUT2D eigenvalue weighted by atomic mass is 10.1. The third-order valence-corrected chi connectivity index (χ3v) is 8.01. The van der Waals surface area contributed by atoms with E-state index >= 15 is 0 Å². The van der Waals surface area contributed by atoms with Crippen LogP contribution in [0.1, 0.15) is 29.3 Å². The van der Waals surface area contributed by atoms with Gasteiger partial charge in [0.05, 0.1) is 13.2 Å². The van der Waals surface area contributed by atoms with Crippen molar-refractivity contribution in [2.45, 2.75) is 38.1 Å². The summed E-state index contributed by atoms with van der Waals surface area (Å²) in [6.07, 6.45) is 1.82. The Morgan fingerprint density at radius 3 is 2.79 bits per heavy atom. The van der Waals surface area contributed by atoms with Gasteiger partial charge in [0, 0.05) is 30.1 Å². The van der Waals surface area contributed by atoms with Crippen LogP contribution in [-0.2, 0) is 27.4 Å². The molecule has 0 unspecified atom stereocenters. The number of rotatable bonds is 11.